The van der Waals surface area contributed by atoms with Gasteiger partial charge < -0.3 is 10.0 Å². The first-order valence-corrected chi connectivity index (χ1v) is 6.10. The molecule has 16 heavy (non-hydrogen) atoms. The van der Waals surface area contributed by atoms with Gasteiger partial charge in [-0.25, -0.2) is 0 Å². The minimum absolute atomic E-state index is 0.177. The number of aliphatic hydroxyl groups is 1. The van der Waals surface area contributed by atoms with Crippen LogP contribution in [-0.4, -0.2) is 34.1 Å². The lowest BCUT2D eigenvalue weighted by Crippen LogP contribution is -2.42. The summed E-state index contributed by atoms with van der Waals surface area (Å²) in [6, 6.07) is 0. The number of hydrogen-bond donors (Lipinski definition) is 1. The Kier molecular flexibility index (Phi) is 3.68. The molecule has 1 rings (SSSR count). The van der Waals surface area contributed by atoms with Gasteiger partial charge >= 0.3 is 0 Å². The van der Waals surface area contributed by atoms with Crippen LogP contribution in [0.2, 0.25) is 0 Å². The number of rotatable bonds is 2. The highest BCUT2D eigenvalue weighted by Crippen LogP contribution is 2.30. The molecular weight excluding hydrogens is 202 g/mol. The second-order valence-electron chi connectivity index (χ2n) is 6.74. The molecule has 1 saturated heterocycles. The first-order valence-electron chi connectivity index (χ1n) is 6.10. The van der Waals surface area contributed by atoms with Crippen LogP contribution in [-0.2, 0) is 4.79 Å². The third-order valence-corrected chi connectivity index (χ3v) is 3.25. The Morgan fingerprint density at radius 2 is 2.00 bits per heavy atom. The third kappa shape index (κ3) is 3.48. The van der Waals surface area contributed by atoms with E-state index in [9.17, 15) is 9.90 Å². The number of likely N-dealkylation sites (tertiary alicyclic amines) is 1. The molecule has 0 aliphatic carbocycles. The molecule has 1 N–H and O–H groups in total. The lowest BCUT2D eigenvalue weighted by atomic mass is 9.90. The van der Waals surface area contributed by atoms with Gasteiger partial charge in [-0.3, -0.25) is 4.79 Å². The summed E-state index contributed by atoms with van der Waals surface area (Å²) in [5.74, 6) is 0.177. The van der Waals surface area contributed by atoms with Gasteiger partial charge in [-0.2, -0.15) is 0 Å². The SMILES string of the molecule is CC(C)(C)CCC(=O)N1CC(O)CC1(C)C. The Morgan fingerprint density at radius 1 is 1.44 bits per heavy atom. The molecule has 1 amide bonds. The van der Waals surface area contributed by atoms with Crippen LogP contribution in [0, 0.1) is 5.41 Å². The van der Waals surface area contributed by atoms with Crippen molar-refractivity contribution in [2.45, 2.75) is 65.5 Å². The van der Waals surface area contributed by atoms with Gasteiger partial charge in [-0.05, 0) is 32.1 Å². The molecule has 1 unspecified atom stereocenters. The zero-order valence-electron chi connectivity index (χ0n) is 11.2. The molecule has 0 aromatic heterocycles. The molecule has 1 atom stereocenters. The van der Waals surface area contributed by atoms with E-state index in [1.165, 1.54) is 0 Å². The van der Waals surface area contributed by atoms with E-state index in [0.29, 0.717) is 19.4 Å². The van der Waals surface area contributed by atoms with Gasteiger partial charge in [-0.15, -0.1) is 0 Å². The second kappa shape index (κ2) is 4.36. The summed E-state index contributed by atoms with van der Waals surface area (Å²) in [4.78, 5) is 13.9. The smallest absolute Gasteiger partial charge is 0.223 e. The summed E-state index contributed by atoms with van der Waals surface area (Å²) in [5.41, 5.74) is 0.00648. The number of carbonyl (C=O) groups excluding carboxylic acids is 1. The molecule has 0 aromatic rings. The number of carbonyl (C=O) groups is 1. The maximum absolute atomic E-state index is 12.1. The average molecular weight is 227 g/mol. The van der Waals surface area contributed by atoms with Crippen LogP contribution in [0.15, 0.2) is 0 Å². The number of β-amino-alcohol motifs (C(OH)–C–C–N with tert-alkyl or cyclic N) is 1. The molecule has 0 radical (unpaired) electrons. The Balaban J connectivity index is 2.55. The van der Waals surface area contributed by atoms with Crippen molar-refractivity contribution < 1.29 is 9.90 Å². The van der Waals surface area contributed by atoms with Crippen molar-refractivity contribution in [2.75, 3.05) is 6.54 Å². The molecular formula is C13H25NO2. The molecule has 1 aliphatic heterocycles. The van der Waals surface area contributed by atoms with Gasteiger partial charge in [0.1, 0.15) is 0 Å². The fourth-order valence-corrected chi connectivity index (χ4v) is 2.27. The molecule has 1 aliphatic rings. The summed E-state index contributed by atoms with van der Waals surface area (Å²) in [7, 11) is 0. The third-order valence-electron chi connectivity index (χ3n) is 3.25. The van der Waals surface area contributed by atoms with Crippen LogP contribution in [0.4, 0.5) is 0 Å². The van der Waals surface area contributed by atoms with E-state index in [0.717, 1.165) is 6.42 Å². The minimum Gasteiger partial charge on any atom is -0.391 e. The van der Waals surface area contributed by atoms with Crippen molar-refractivity contribution in [2.24, 2.45) is 5.41 Å². The topological polar surface area (TPSA) is 40.5 Å². The average Bonchev–Trinajstić information content (AvgIpc) is 2.34. The van der Waals surface area contributed by atoms with E-state index in [-0.39, 0.29) is 23.0 Å². The van der Waals surface area contributed by atoms with Gasteiger partial charge in [0.15, 0.2) is 0 Å². The first kappa shape index (κ1) is 13.5. The van der Waals surface area contributed by atoms with Gasteiger partial charge in [0.2, 0.25) is 5.91 Å². The standard InChI is InChI=1S/C13H25NO2/c1-12(2,3)7-6-11(16)14-9-10(15)8-13(14,4)5/h10,15H,6-9H2,1-5H3. The van der Waals surface area contributed by atoms with Crippen molar-refractivity contribution in [1.82, 2.24) is 4.90 Å². The molecule has 1 fully saturated rings. The molecule has 3 heteroatoms. The fraction of sp³-hybridized carbons (Fsp3) is 0.923. The molecule has 0 aromatic carbocycles. The van der Waals surface area contributed by atoms with Crippen molar-refractivity contribution in [3.05, 3.63) is 0 Å². The van der Waals surface area contributed by atoms with E-state index in [2.05, 4.69) is 20.8 Å². The van der Waals surface area contributed by atoms with Crippen molar-refractivity contribution in [1.29, 1.82) is 0 Å². The second-order valence-corrected chi connectivity index (χ2v) is 6.74. The Bertz CT molecular complexity index is 266. The summed E-state index contributed by atoms with van der Waals surface area (Å²) >= 11 is 0. The first-order chi connectivity index (χ1) is 7.12. The Morgan fingerprint density at radius 3 is 2.38 bits per heavy atom. The van der Waals surface area contributed by atoms with E-state index >= 15 is 0 Å². The predicted octanol–water partition coefficient (Wildman–Crippen LogP) is 2.18. The number of nitrogens with zero attached hydrogens (tertiary/aromatic N) is 1. The summed E-state index contributed by atoms with van der Waals surface area (Å²) in [6.45, 7) is 11.0. The van der Waals surface area contributed by atoms with E-state index in [1.54, 1.807) is 0 Å². The number of amides is 1. The Labute approximate surface area is 98.8 Å². The molecule has 1 heterocycles. The van der Waals surface area contributed by atoms with Crippen molar-refractivity contribution in [3.8, 4) is 0 Å². The van der Waals surface area contributed by atoms with Crippen LogP contribution in [0.1, 0.15) is 53.9 Å². The fourth-order valence-electron chi connectivity index (χ4n) is 2.27. The summed E-state index contributed by atoms with van der Waals surface area (Å²) in [5, 5.41) is 9.62. The lowest BCUT2D eigenvalue weighted by molar-refractivity contribution is -0.135. The van der Waals surface area contributed by atoms with Crippen LogP contribution < -0.4 is 0 Å². The van der Waals surface area contributed by atoms with Crippen molar-refractivity contribution in [3.63, 3.8) is 0 Å². The van der Waals surface area contributed by atoms with Gasteiger partial charge in [0, 0.05) is 18.5 Å². The number of aliphatic hydroxyl groups excluding tert-OH is 1. The lowest BCUT2D eigenvalue weighted by Gasteiger charge is -2.32. The predicted molar refractivity (Wildman–Crippen MR) is 65.1 cm³/mol. The normalized spacial score (nSPS) is 24.9. The summed E-state index contributed by atoms with van der Waals surface area (Å²) in [6.07, 6.45) is 1.82. The minimum atomic E-state index is -0.353. The van der Waals surface area contributed by atoms with Crippen molar-refractivity contribution >= 4 is 5.91 Å². The summed E-state index contributed by atoms with van der Waals surface area (Å²) < 4.78 is 0. The molecule has 3 nitrogen and oxygen atoms in total. The quantitative estimate of drug-likeness (QED) is 0.785. The maximum Gasteiger partial charge on any atom is 0.223 e. The van der Waals surface area contributed by atoms with E-state index < -0.39 is 0 Å². The highest BCUT2D eigenvalue weighted by molar-refractivity contribution is 5.77. The van der Waals surface area contributed by atoms with Crippen LogP contribution in [0.5, 0.6) is 0 Å². The molecule has 0 spiro atoms. The van der Waals surface area contributed by atoms with Gasteiger partial charge in [0.25, 0.3) is 0 Å². The molecule has 0 bridgehead atoms. The number of hydrogen-bond acceptors (Lipinski definition) is 2. The Hall–Kier alpha value is -0.570. The van der Waals surface area contributed by atoms with Crippen LogP contribution in [0.3, 0.4) is 0 Å². The molecule has 0 saturated carbocycles. The van der Waals surface area contributed by atoms with Crippen LogP contribution >= 0.6 is 0 Å². The van der Waals surface area contributed by atoms with Gasteiger partial charge in [-0.1, -0.05) is 20.8 Å². The highest BCUT2D eigenvalue weighted by atomic mass is 16.3. The maximum atomic E-state index is 12.1. The monoisotopic (exact) mass is 227 g/mol. The largest absolute Gasteiger partial charge is 0.391 e. The zero-order valence-corrected chi connectivity index (χ0v) is 11.2. The molecule has 94 valence electrons. The van der Waals surface area contributed by atoms with Crippen LogP contribution in [0.25, 0.3) is 0 Å². The van der Waals surface area contributed by atoms with E-state index in [1.807, 2.05) is 18.7 Å². The highest BCUT2D eigenvalue weighted by Gasteiger charge is 2.40. The zero-order chi connectivity index (χ0) is 12.6. The van der Waals surface area contributed by atoms with Gasteiger partial charge in [0.05, 0.1) is 6.10 Å². The van der Waals surface area contributed by atoms with E-state index in [4.69, 9.17) is 0 Å².